The Labute approximate surface area is 166 Å². The number of benzene rings is 3. The molecule has 3 heteroatoms. The Morgan fingerprint density at radius 3 is 1.39 bits per heavy atom. The van der Waals surface area contributed by atoms with Gasteiger partial charge in [-0.3, -0.25) is 0 Å². The van der Waals surface area contributed by atoms with E-state index in [-0.39, 0.29) is 5.41 Å². The Hall–Kier alpha value is -3.20. The molecule has 1 N–H and O–H groups in total. The fraction of sp³-hybridized carbons (Fsp3) is 0.200. The highest BCUT2D eigenvalue weighted by Gasteiger charge is 2.46. The van der Waals surface area contributed by atoms with E-state index in [0.717, 1.165) is 28.4 Å². The molecule has 28 heavy (non-hydrogen) atoms. The summed E-state index contributed by atoms with van der Waals surface area (Å²) in [5.41, 5.74) is 2.24. The van der Waals surface area contributed by atoms with Crippen molar-refractivity contribution in [2.75, 3.05) is 0 Å². The maximum atomic E-state index is 5.22. The molecule has 140 valence electrons. The van der Waals surface area contributed by atoms with E-state index in [0.29, 0.717) is 0 Å². The fourth-order valence-corrected chi connectivity index (χ4v) is 3.55. The van der Waals surface area contributed by atoms with Crippen molar-refractivity contribution < 1.29 is 0 Å². The number of nitrogens with zero attached hydrogens (tertiary/aromatic N) is 2. The van der Waals surface area contributed by atoms with E-state index in [4.69, 9.17) is 9.98 Å². The van der Waals surface area contributed by atoms with Crippen LogP contribution in [0.4, 0.5) is 0 Å². The highest BCUT2D eigenvalue weighted by molar-refractivity contribution is 6.16. The molecule has 0 aliphatic carbocycles. The quantitative estimate of drug-likeness (QED) is 0.663. The van der Waals surface area contributed by atoms with Gasteiger partial charge in [-0.25, -0.2) is 9.98 Å². The van der Waals surface area contributed by atoms with E-state index in [2.05, 4.69) is 74.6 Å². The number of amidine groups is 2. The zero-order valence-electron chi connectivity index (χ0n) is 16.6. The highest BCUT2D eigenvalue weighted by atomic mass is 15.2. The number of nitrogens with one attached hydrogen (secondary N) is 1. The van der Waals surface area contributed by atoms with Crippen LogP contribution in [0.1, 0.15) is 37.5 Å². The zero-order chi connectivity index (χ0) is 19.6. The summed E-state index contributed by atoms with van der Waals surface area (Å²) in [5.74, 6) is 1.68. The minimum absolute atomic E-state index is 0.226. The van der Waals surface area contributed by atoms with Crippen molar-refractivity contribution in [2.24, 2.45) is 15.4 Å². The van der Waals surface area contributed by atoms with Crippen LogP contribution in [0.3, 0.4) is 0 Å². The van der Waals surface area contributed by atoms with Crippen LogP contribution >= 0.6 is 0 Å². The van der Waals surface area contributed by atoms with E-state index in [1.165, 1.54) is 0 Å². The summed E-state index contributed by atoms with van der Waals surface area (Å²) >= 11 is 0. The van der Waals surface area contributed by atoms with Gasteiger partial charge in [0.1, 0.15) is 11.7 Å². The number of rotatable bonds is 3. The lowest BCUT2D eigenvalue weighted by atomic mass is 9.76. The predicted octanol–water partition coefficient (Wildman–Crippen LogP) is 5.38. The third-order valence-corrected chi connectivity index (χ3v) is 5.10. The third-order valence-electron chi connectivity index (χ3n) is 5.10. The van der Waals surface area contributed by atoms with Crippen molar-refractivity contribution in [2.45, 2.75) is 26.4 Å². The molecular formula is C25H25N3. The fourth-order valence-electron chi connectivity index (χ4n) is 3.55. The summed E-state index contributed by atoms with van der Waals surface area (Å²) in [6, 6.07) is 30.9. The molecule has 0 unspecified atom stereocenters. The van der Waals surface area contributed by atoms with Gasteiger partial charge in [-0.2, -0.15) is 0 Å². The molecule has 3 aromatic carbocycles. The van der Waals surface area contributed by atoms with Gasteiger partial charge < -0.3 is 5.32 Å². The summed E-state index contributed by atoms with van der Waals surface area (Å²) in [4.78, 5) is 10.4. The van der Waals surface area contributed by atoms with Gasteiger partial charge in [-0.15, -0.1) is 0 Å². The first-order valence-electron chi connectivity index (χ1n) is 9.63. The van der Waals surface area contributed by atoms with Crippen molar-refractivity contribution >= 4 is 11.7 Å². The van der Waals surface area contributed by atoms with Gasteiger partial charge in [-0.1, -0.05) is 112 Å². The van der Waals surface area contributed by atoms with E-state index >= 15 is 0 Å². The number of aliphatic imine (C=N–C) groups is 2. The molecule has 3 nitrogen and oxygen atoms in total. The van der Waals surface area contributed by atoms with Crippen LogP contribution in [0, 0.1) is 5.41 Å². The molecule has 0 saturated heterocycles. The van der Waals surface area contributed by atoms with Gasteiger partial charge in [0.25, 0.3) is 0 Å². The standard InChI is InChI=1S/C25H25N3/c1-24(2,3)25(21-17-11-6-12-18-21)27-22(19-13-7-4-8-14-19)26-23(28-25)20-15-9-5-10-16-20/h4-18H,1-3H3,(H,26,27,28). The number of hydrogen-bond donors (Lipinski definition) is 1. The van der Waals surface area contributed by atoms with Gasteiger partial charge in [-0.05, 0) is 0 Å². The smallest absolute Gasteiger partial charge is 0.185 e. The van der Waals surface area contributed by atoms with Gasteiger partial charge in [0.05, 0.1) is 0 Å². The molecule has 0 atom stereocenters. The Morgan fingerprint density at radius 2 is 1.00 bits per heavy atom. The van der Waals surface area contributed by atoms with Crippen LogP contribution in [0.2, 0.25) is 0 Å². The molecule has 4 rings (SSSR count). The molecule has 1 aliphatic rings. The van der Waals surface area contributed by atoms with Crippen molar-refractivity contribution in [3.63, 3.8) is 0 Å². The van der Waals surface area contributed by atoms with Crippen LogP contribution in [0.5, 0.6) is 0 Å². The lowest BCUT2D eigenvalue weighted by Gasteiger charge is -2.42. The topological polar surface area (TPSA) is 36.8 Å². The van der Waals surface area contributed by atoms with Crippen LogP contribution in [0.25, 0.3) is 0 Å². The van der Waals surface area contributed by atoms with Crippen LogP contribution in [0.15, 0.2) is 101 Å². The molecular weight excluding hydrogens is 342 g/mol. The molecule has 0 radical (unpaired) electrons. The monoisotopic (exact) mass is 367 g/mol. The van der Waals surface area contributed by atoms with Gasteiger partial charge in [0, 0.05) is 22.1 Å². The normalized spacial score (nSPS) is 16.0. The second kappa shape index (κ2) is 7.08. The van der Waals surface area contributed by atoms with Crippen LogP contribution < -0.4 is 5.32 Å². The van der Waals surface area contributed by atoms with E-state index in [1.807, 2.05) is 42.5 Å². The Bertz CT molecular complexity index is 942. The van der Waals surface area contributed by atoms with E-state index in [1.54, 1.807) is 0 Å². The van der Waals surface area contributed by atoms with E-state index < -0.39 is 5.66 Å². The summed E-state index contributed by atoms with van der Waals surface area (Å²) in [7, 11) is 0. The maximum absolute atomic E-state index is 5.22. The second-order valence-corrected chi connectivity index (χ2v) is 8.07. The lowest BCUT2D eigenvalue weighted by Crippen LogP contribution is -2.47. The summed E-state index contributed by atoms with van der Waals surface area (Å²) < 4.78 is 0. The first-order valence-corrected chi connectivity index (χ1v) is 9.63. The lowest BCUT2D eigenvalue weighted by molar-refractivity contribution is 0.198. The van der Waals surface area contributed by atoms with Crippen molar-refractivity contribution in [3.05, 3.63) is 108 Å². The summed E-state index contributed by atoms with van der Waals surface area (Å²) in [6.07, 6.45) is 0. The molecule has 0 fully saturated rings. The third kappa shape index (κ3) is 3.24. The SMILES string of the molecule is CC(C)(C)C1(c2ccccc2)N=C(c2ccccc2)NC(c2ccccc2)=N1. The van der Waals surface area contributed by atoms with Crippen LogP contribution in [-0.4, -0.2) is 11.7 Å². The average molecular weight is 367 g/mol. The molecule has 0 saturated carbocycles. The highest BCUT2D eigenvalue weighted by Crippen LogP contribution is 2.46. The largest absolute Gasteiger partial charge is 0.324 e. The first kappa shape index (κ1) is 18.2. The summed E-state index contributed by atoms with van der Waals surface area (Å²) in [6.45, 7) is 6.59. The maximum Gasteiger partial charge on any atom is 0.185 e. The minimum atomic E-state index is -0.726. The first-order chi connectivity index (χ1) is 13.5. The molecule has 0 spiro atoms. The number of hydrogen-bond acceptors (Lipinski definition) is 3. The molecule has 0 bridgehead atoms. The molecule has 1 heterocycles. The predicted molar refractivity (Wildman–Crippen MR) is 117 cm³/mol. The molecule has 3 aromatic rings. The van der Waals surface area contributed by atoms with Crippen LogP contribution in [-0.2, 0) is 5.66 Å². The molecule has 0 aromatic heterocycles. The Kier molecular flexibility index (Phi) is 4.60. The van der Waals surface area contributed by atoms with Crippen molar-refractivity contribution in [1.82, 2.24) is 5.32 Å². The molecule has 1 aliphatic heterocycles. The van der Waals surface area contributed by atoms with Gasteiger partial charge in [0.15, 0.2) is 5.66 Å². The van der Waals surface area contributed by atoms with E-state index in [9.17, 15) is 0 Å². The Balaban J connectivity index is 1.98. The van der Waals surface area contributed by atoms with Crippen molar-refractivity contribution in [1.29, 1.82) is 0 Å². The second-order valence-electron chi connectivity index (χ2n) is 8.07. The Morgan fingerprint density at radius 1 is 0.607 bits per heavy atom. The van der Waals surface area contributed by atoms with Gasteiger partial charge >= 0.3 is 0 Å². The minimum Gasteiger partial charge on any atom is -0.324 e. The average Bonchev–Trinajstić information content (AvgIpc) is 2.74. The van der Waals surface area contributed by atoms with Crippen molar-refractivity contribution in [3.8, 4) is 0 Å². The summed E-state index contributed by atoms with van der Waals surface area (Å²) in [5, 5.41) is 3.48. The molecule has 0 amide bonds. The van der Waals surface area contributed by atoms with Gasteiger partial charge in [0.2, 0.25) is 0 Å². The zero-order valence-corrected chi connectivity index (χ0v) is 16.6.